The second-order valence-electron chi connectivity index (χ2n) is 5.83. The minimum absolute atomic E-state index is 0.00773. The normalized spacial score (nSPS) is 17.6. The number of likely N-dealkylation sites (tertiary alicyclic amines) is 1. The van der Waals surface area contributed by atoms with Crippen LogP contribution < -0.4 is 10.5 Å². The number of amides is 1. The molecule has 24 heavy (non-hydrogen) atoms. The van der Waals surface area contributed by atoms with E-state index in [1.165, 1.54) is 0 Å². The predicted octanol–water partition coefficient (Wildman–Crippen LogP) is 3.59. The monoisotopic (exact) mass is 389 g/mol. The third-order valence-corrected chi connectivity index (χ3v) is 4.66. The van der Waals surface area contributed by atoms with Crippen LogP contribution in [0.3, 0.4) is 0 Å². The van der Waals surface area contributed by atoms with E-state index in [2.05, 4.69) is 20.9 Å². The van der Waals surface area contributed by atoms with Crippen LogP contribution in [0.15, 0.2) is 47.1 Å². The number of rotatable bonds is 4. The fraction of sp³-hybridized carbons (Fsp3) is 0.333. The summed E-state index contributed by atoms with van der Waals surface area (Å²) in [5.74, 6) is 1.14. The average molecular weight is 390 g/mol. The van der Waals surface area contributed by atoms with Crippen molar-refractivity contribution in [3.05, 3.63) is 52.6 Å². The van der Waals surface area contributed by atoms with E-state index in [9.17, 15) is 4.79 Å². The minimum Gasteiger partial charge on any atom is -0.439 e. The quantitative estimate of drug-likeness (QED) is 0.867. The first-order valence-electron chi connectivity index (χ1n) is 8.08. The van der Waals surface area contributed by atoms with E-state index in [0.717, 1.165) is 30.3 Å². The molecule has 5 nitrogen and oxygen atoms in total. The van der Waals surface area contributed by atoms with Gasteiger partial charge >= 0.3 is 0 Å². The van der Waals surface area contributed by atoms with Crippen LogP contribution in [0.5, 0.6) is 11.6 Å². The minimum atomic E-state index is -0.00773. The van der Waals surface area contributed by atoms with Gasteiger partial charge in [0, 0.05) is 35.9 Å². The molecule has 1 aromatic carbocycles. The molecule has 3 rings (SSSR count). The van der Waals surface area contributed by atoms with Crippen molar-refractivity contribution >= 4 is 21.8 Å². The molecule has 0 saturated carbocycles. The molecule has 1 aliphatic rings. The summed E-state index contributed by atoms with van der Waals surface area (Å²) in [6.07, 6.45) is 4.70. The molecule has 1 unspecified atom stereocenters. The molecule has 1 aliphatic heterocycles. The molecule has 1 fully saturated rings. The van der Waals surface area contributed by atoms with E-state index >= 15 is 0 Å². The second-order valence-corrected chi connectivity index (χ2v) is 6.74. The molecule has 1 saturated heterocycles. The van der Waals surface area contributed by atoms with Gasteiger partial charge in [-0.15, -0.1) is 0 Å². The standard InChI is InChI=1S/C18H20BrN3O2/c19-14-4-3-6-16(10-14)24-17-8-7-13(12-21-17)18(23)22-9-2-1-5-15(22)11-20/h3-4,6-8,10,12,15H,1-2,5,9,11,20H2. The molecule has 126 valence electrons. The van der Waals surface area contributed by atoms with Gasteiger partial charge in [-0.3, -0.25) is 4.79 Å². The highest BCUT2D eigenvalue weighted by Crippen LogP contribution is 2.24. The molecule has 1 atom stereocenters. The van der Waals surface area contributed by atoms with Gasteiger partial charge in [0.1, 0.15) is 5.75 Å². The SMILES string of the molecule is NCC1CCCCN1C(=O)c1ccc(Oc2cccc(Br)c2)nc1. The number of nitrogens with two attached hydrogens (primary N) is 1. The summed E-state index contributed by atoms with van der Waals surface area (Å²) in [5, 5.41) is 0. The van der Waals surface area contributed by atoms with Gasteiger partial charge < -0.3 is 15.4 Å². The highest BCUT2D eigenvalue weighted by Gasteiger charge is 2.26. The Hall–Kier alpha value is -1.92. The second kappa shape index (κ2) is 7.77. The van der Waals surface area contributed by atoms with Crippen molar-refractivity contribution in [3.8, 4) is 11.6 Å². The van der Waals surface area contributed by atoms with Crippen molar-refractivity contribution in [2.75, 3.05) is 13.1 Å². The number of benzene rings is 1. The van der Waals surface area contributed by atoms with E-state index in [1.807, 2.05) is 29.2 Å². The summed E-state index contributed by atoms with van der Waals surface area (Å²) >= 11 is 3.40. The number of carbonyl (C=O) groups excluding carboxylic acids is 1. The third kappa shape index (κ3) is 3.94. The van der Waals surface area contributed by atoms with Crippen LogP contribution in [0.4, 0.5) is 0 Å². The van der Waals surface area contributed by atoms with Crippen molar-refractivity contribution in [2.24, 2.45) is 5.73 Å². The van der Waals surface area contributed by atoms with Crippen LogP contribution >= 0.6 is 15.9 Å². The third-order valence-electron chi connectivity index (χ3n) is 4.16. The number of nitrogens with zero attached hydrogens (tertiary/aromatic N) is 2. The molecular weight excluding hydrogens is 370 g/mol. The van der Waals surface area contributed by atoms with E-state index in [-0.39, 0.29) is 11.9 Å². The lowest BCUT2D eigenvalue weighted by molar-refractivity contribution is 0.0623. The van der Waals surface area contributed by atoms with Crippen molar-refractivity contribution in [1.29, 1.82) is 0 Å². The molecule has 2 aromatic rings. The first kappa shape index (κ1) is 16.9. The van der Waals surface area contributed by atoms with E-state index < -0.39 is 0 Å². The number of halogens is 1. The highest BCUT2D eigenvalue weighted by atomic mass is 79.9. The van der Waals surface area contributed by atoms with Gasteiger partial charge in [-0.25, -0.2) is 4.98 Å². The summed E-state index contributed by atoms with van der Waals surface area (Å²) in [7, 11) is 0. The maximum absolute atomic E-state index is 12.7. The lowest BCUT2D eigenvalue weighted by Crippen LogP contribution is -2.47. The lowest BCUT2D eigenvalue weighted by atomic mass is 10.0. The zero-order valence-corrected chi connectivity index (χ0v) is 14.9. The molecule has 0 bridgehead atoms. The first-order chi connectivity index (χ1) is 11.7. The fourth-order valence-corrected chi connectivity index (χ4v) is 3.28. The molecule has 0 spiro atoms. The number of hydrogen-bond acceptors (Lipinski definition) is 4. The van der Waals surface area contributed by atoms with Crippen molar-refractivity contribution < 1.29 is 9.53 Å². The fourth-order valence-electron chi connectivity index (χ4n) is 2.90. The number of ether oxygens (including phenoxy) is 1. The number of hydrogen-bond donors (Lipinski definition) is 1. The Kier molecular flexibility index (Phi) is 5.48. The van der Waals surface area contributed by atoms with Gasteiger partial charge in [0.05, 0.1) is 5.56 Å². The summed E-state index contributed by atoms with van der Waals surface area (Å²) in [6.45, 7) is 1.26. The van der Waals surface area contributed by atoms with Crippen LogP contribution in [0.25, 0.3) is 0 Å². The molecule has 1 amide bonds. The summed E-state index contributed by atoms with van der Waals surface area (Å²) in [6, 6.07) is 11.1. The van der Waals surface area contributed by atoms with Gasteiger partial charge in [-0.05, 0) is 43.5 Å². The Balaban J connectivity index is 1.70. The predicted molar refractivity (Wildman–Crippen MR) is 96.2 cm³/mol. The smallest absolute Gasteiger partial charge is 0.255 e. The van der Waals surface area contributed by atoms with Crippen LogP contribution in [-0.4, -0.2) is 34.9 Å². The van der Waals surface area contributed by atoms with Gasteiger partial charge in [-0.1, -0.05) is 22.0 Å². The molecule has 6 heteroatoms. The Morgan fingerprint density at radius 2 is 2.21 bits per heavy atom. The average Bonchev–Trinajstić information content (AvgIpc) is 2.62. The molecular formula is C18H20BrN3O2. The van der Waals surface area contributed by atoms with Crippen LogP contribution in [0, 0.1) is 0 Å². The van der Waals surface area contributed by atoms with Crippen LogP contribution in [0.1, 0.15) is 29.6 Å². The summed E-state index contributed by atoms with van der Waals surface area (Å²) < 4.78 is 6.63. The largest absolute Gasteiger partial charge is 0.439 e. The molecule has 1 aromatic heterocycles. The summed E-state index contributed by atoms with van der Waals surface area (Å²) in [4.78, 5) is 18.8. The van der Waals surface area contributed by atoms with Gasteiger partial charge in [0.25, 0.3) is 5.91 Å². The maximum Gasteiger partial charge on any atom is 0.255 e. The molecule has 0 radical (unpaired) electrons. The number of piperidine rings is 1. The van der Waals surface area contributed by atoms with E-state index in [4.69, 9.17) is 10.5 Å². The maximum atomic E-state index is 12.7. The summed E-state index contributed by atoms with van der Waals surface area (Å²) in [5.41, 5.74) is 6.37. The van der Waals surface area contributed by atoms with Crippen LogP contribution in [-0.2, 0) is 0 Å². The number of pyridine rings is 1. The van der Waals surface area contributed by atoms with E-state index in [0.29, 0.717) is 23.7 Å². The molecule has 2 N–H and O–H groups in total. The number of carbonyl (C=O) groups is 1. The topological polar surface area (TPSA) is 68.5 Å². The number of aromatic nitrogens is 1. The van der Waals surface area contributed by atoms with Crippen molar-refractivity contribution in [1.82, 2.24) is 9.88 Å². The Morgan fingerprint density at radius 3 is 2.92 bits per heavy atom. The molecule has 0 aliphatic carbocycles. The zero-order chi connectivity index (χ0) is 16.9. The van der Waals surface area contributed by atoms with Crippen LogP contribution in [0.2, 0.25) is 0 Å². The lowest BCUT2D eigenvalue weighted by Gasteiger charge is -2.35. The molecule has 2 heterocycles. The van der Waals surface area contributed by atoms with E-state index in [1.54, 1.807) is 18.3 Å². The first-order valence-corrected chi connectivity index (χ1v) is 8.87. The van der Waals surface area contributed by atoms with Gasteiger partial charge in [0.15, 0.2) is 0 Å². The Labute approximate surface area is 149 Å². The Morgan fingerprint density at radius 1 is 1.33 bits per heavy atom. The van der Waals surface area contributed by atoms with Crippen molar-refractivity contribution in [2.45, 2.75) is 25.3 Å². The van der Waals surface area contributed by atoms with Crippen molar-refractivity contribution in [3.63, 3.8) is 0 Å². The zero-order valence-electron chi connectivity index (χ0n) is 13.3. The Bertz CT molecular complexity index is 706. The highest BCUT2D eigenvalue weighted by molar-refractivity contribution is 9.10. The van der Waals surface area contributed by atoms with Gasteiger partial charge in [0.2, 0.25) is 5.88 Å². The van der Waals surface area contributed by atoms with Gasteiger partial charge in [-0.2, -0.15) is 0 Å².